The molecule has 1 aromatic heterocycles. The van der Waals surface area contributed by atoms with Crippen LogP contribution in [0.3, 0.4) is 0 Å². The van der Waals surface area contributed by atoms with Crippen molar-refractivity contribution in [3.05, 3.63) is 44.4 Å². The van der Waals surface area contributed by atoms with Crippen molar-refractivity contribution in [2.45, 2.75) is 59.2 Å². The fourth-order valence-electron chi connectivity index (χ4n) is 3.22. The van der Waals surface area contributed by atoms with Crippen molar-refractivity contribution in [2.24, 2.45) is 0 Å². The second kappa shape index (κ2) is 10.3. The summed E-state index contributed by atoms with van der Waals surface area (Å²) in [6.45, 7) is 8.11. The summed E-state index contributed by atoms with van der Waals surface area (Å²) in [7, 11) is 1.21. The van der Waals surface area contributed by atoms with Crippen LogP contribution < -0.4 is 15.6 Å². The molecule has 0 unspecified atom stereocenters. The van der Waals surface area contributed by atoms with E-state index in [1.807, 2.05) is 0 Å². The molecule has 0 saturated heterocycles. The number of nitrogens with one attached hydrogen (secondary N) is 1. The van der Waals surface area contributed by atoms with E-state index in [1.54, 1.807) is 34.6 Å². The van der Waals surface area contributed by atoms with Crippen molar-refractivity contribution < 1.29 is 29.1 Å². The lowest BCUT2D eigenvalue weighted by Crippen LogP contribution is -2.33. The standard InChI is InChI=1S/C22H28N4O8/c1-12(2)24-20-21(30)25(11-18(29)34-22(3,4)5)16(10-23-20)14-7-13(9-17(27)28)8-15(26(31)32)19(14)33-6/h7-8,10,12H,9,11H2,1-6H3,(H,23,24)(H,27,28). The zero-order chi connectivity index (χ0) is 25.8. The normalized spacial score (nSPS) is 11.3. The predicted molar refractivity (Wildman–Crippen MR) is 123 cm³/mol. The average Bonchev–Trinajstić information content (AvgIpc) is 2.68. The summed E-state index contributed by atoms with van der Waals surface area (Å²) in [5.74, 6) is -2.15. The van der Waals surface area contributed by atoms with Gasteiger partial charge < -0.3 is 19.9 Å². The van der Waals surface area contributed by atoms with Crippen molar-refractivity contribution in [1.82, 2.24) is 9.55 Å². The maximum atomic E-state index is 13.2. The molecule has 1 aromatic carbocycles. The van der Waals surface area contributed by atoms with E-state index in [0.717, 1.165) is 10.6 Å². The van der Waals surface area contributed by atoms with Crippen molar-refractivity contribution in [3.63, 3.8) is 0 Å². The first kappa shape index (κ1) is 26.3. The number of benzene rings is 1. The second-order valence-electron chi connectivity index (χ2n) is 8.79. The Morgan fingerprint density at radius 1 is 1.29 bits per heavy atom. The fourth-order valence-corrected chi connectivity index (χ4v) is 3.22. The summed E-state index contributed by atoms with van der Waals surface area (Å²) in [5.41, 5.74) is -1.79. The van der Waals surface area contributed by atoms with Gasteiger partial charge in [0.1, 0.15) is 12.1 Å². The number of aromatic nitrogens is 2. The van der Waals surface area contributed by atoms with E-state index in [4.69, 9.17) is 9.47 Å². The molecule has 2 aromatic rings. The Bertz CT molecular complexity index is 1160. The molecule has 0 bridgehead atoms. The SMILES string of the molecule is COc1c(-c2cnc(NC(C)C)c(=O)n2CC(=O)OC(C)(C)C)cc(CC(=O)O)cc1[N+](=O)[O-]. The monoisotopic (exact) mass is 476 g/mol. The molecule has 34 heavy (non-hydrogen) atoms. The highest BCUT2D eigenvalue weighted by molar-refractivity contribution is 5.79. The third-order valence-corrected chi connectivity index (χ3v) is 4.35. The van der Waals surface area contributed by atoms with Gasteiger partial charge in [0.15, 0.2) is 5.82 Å². The van der Waals surface area contributed by atoms with Crippen LogP contribution in [-0.2, 0) is 27.3 Å². The number of hydrogen-bond acceptors (Lipinski definition) is 9. The van der Waals surface area contributed by atoms with Crippen molar-refractivity contribution in [1.29, 1.82) is 0 Å². The first-order valence-corrected chi connectivity index (χ1v) is 10.4. The number of anilines is 1. The number of esters is 1. The minimum Gasteiger partial charge on any atom is -0.490 e. The third kappa shape index (κ3) is 6.53. The van der Waals surface area contributed by atoms with E-state index in [9.17, 15) is 29.6 Å². The van der Waals surface area contributed by atoms with Gasteiger partial charge in [-0.3, -0.25) is 29.1 Å². The van der Waals surface area contributed by atoms with E-state index in [0.29, 0.717) is 0 Å². The zero-order valence-electron chi connectivity index (χ0n) is 19.9. The molecule has 0 aliphatic heterocycles. The maximum Gasteiger partial charge on any atom is 0.326 e. The Kier molecular flexibility index (Phi) is 7.98. The Hall–Kier alpha value is -3.96. The van der Waals surface area contributed by atoms with Gasteiger partial charge in [0, 0.05) is 17.7 Å². The zero-order valence-corrected chi connectivity index (χ0v) is 19.9. The van der Waals surface area contributed by atoms with E-state index in [2.05, 4.69) is 10.3 Å². The first-order chi connectivity index (χ1) is 15.7. The molecule has 0 spiro atoms. The molecule has 184 valence electrons. The summed E-state index contributed by atoms with van der Waals surface area (Å²) < 4.78 is 11.7. The fraction of sp³-hybridized carbons (Fsp3) is 0.455. The summed E-state index contributed by atoms with van der Waals surface area (Å²) in [6.07, 6.45) is 0.761. The summed E-state index contributed by atoms with van der Waals surface area (Å²) in [6, 6.07) is 2.31. The molecule has 2 rings (SSSR count). The van der Waals surface area contributed by atoms with Crippen LogP contribution in [0.5, 0.6) is 5.75 Å². The number of nitro groups is 1. The molecule has 0 fully saturated rings. The van der Waals surface area contributed by atoms with Crippen molar-refractivity contribution in [2.75, 3.05) is 12.4 Å². The number of aliphatic carboxylic acids is 1. The van der Waals surface area contributed by atoms with Crippen LogP contribution in [-0.4, -0.2) is 50.3 Å². The van der Waals surface area contributed by atoms with Crippen LogP contribution in [0.2, 0.25) is 0 Å². The third-order valence-electron chi connectivity index (χ3n) is 4.35. The molecule has 12 heteroatoms. The number of hydrogen-bond donors (Lipinski definition) is 2. The van der Waals surface area contributed by atoms with E-state index in [-0.39, 0.29) is 34.4 Å². The summed E-state index contributed by atoms with van der Waals surface area (Å²) in [5, 5.41) is 23.8. The lowest BCUT2D eigenvalue weighted by atomic mass is 10.0. The molecule has 0 aliphatic rings. The number of rotatable bonds is 9. The lowest BCUT2D eigenvalue weighted by molar-refractivity contribution is -0.385. The highest BCUT2D eigenvalue weighted by atomic mass is 16.6. The Morgan fingerprint density at radius 2 is 1.94 bits per heavy atom. The van der Waals surface area contributed by atoms with Crippen LogP contribution in [0.1, 0.15) is 40.2 Å². The van der Waals surface area contributed by atoms with Crippen LogP contribution in [0.25, 0.3) is 11.3 Å². The number of carbonyl (C=O) groups is 2. The van der Waals surface area contributed by atoms with Gasteiger partial charge >= 0.3 is 17.6 Å². The molecule has 0 saturated carbocycles. The Morgan fingerprint density at radius 3 is 2.44 bits per heavy atom. The van der Waals surface area contributed by atoms with Crippen molar-refractivity contribution in [3.8, 4) is 17.0 Å². The minimum absolute atomic E-state index is 0.0253. The van der Waals surface area contributed by atoms with Crippen LogP contribution in [0, 0.1) is 10.1 Å². The molecular weight excluding hydrogens is 448 g/mol. The Balaban J connectivity index is 2.83. The minimum atomic E-state index is -1.20. The van der Waals surface area contributed by atoms with E-state index < -0.39 is 46.7 Å². The van der Waals surface area contributed by atoms with Crippen molar-refractivity contribution >= 4 is 23.4 Å². The van der Waals surface area contributed by atoms with Crippen LogP contribution >= 0.6 is 0 Å². The van der Waals surface area contributed by atoms with Gasteiger partial charge in [-0.05, 0) is 46.2 Å². The molecule has 0 atom stereocenters. The largest absolute Gasteiger partial charge is 0.490 e. The molecule has 1 heterocycles. The number of carboxylic acids is 1. The molecule has 0 aliphatic carbocycles. The van der Waals surface area contributed by atoms with Gasteiger partial charge in [-0.1, -0.05) is 0 Å². The predicted octanol–water partition coefficient (Wildman–Crippen LogP) is 2.62. The van der Waals surface area contributed by atoms with Gasteiger partial charge in [0.25, 0.3) is 5.56 Å². The van der Waals surface area contributed by atoms with Gasteiger partial charge in [0.2, 0.25) is 5.75 Å². The average molecular weight is 476 g/mol. The summed E-state index contributed by atoms with van der Waals surface area (Å²) in [4.78, 5) is 52.2. The lowest BCUT2D eigenvalue weighted by Gasteiger charge is -2.21. The van der Waals surface area contributed by atoms with E-state index >= 15 is 0 Å². The number of carbonyl (C=O) groups excluding carboxylic acids is 1. The topological polar surface area (TPSA) is 163 Å². The van der Waals surface area contributed by atoms with Crippen LogP contribution in [0.4, 0.5) is 11.5 Å². The number of methoxy groups -OCH3 is 1. The van der Waals surface area contributed by atoms with E-state index in [1.165, 1.54) is 19.4 Å². The van der Waals surface area contributed by atoms with Gasteiger partial charge in [-0.25, -0.2) is 4.98 Å². The molecular formula is C22H28N4O8. The highest BCUT2D eigenvalue weighted by Gasteiger charge is 2.27. The quantitative estimate of drug-likeness (QED) is 0.312. The second-order valence-corrected chi connectivity index (χ2v) is 8.79. The van der Waals surface area contributed by atoms with Crippen LogP contribution in [0.15, 0.2) is 23.1 Å². The highest BCUT2D eigenvalue weighted by Crippen LogP contribution is 2.39. The first-order valence-electron chi connectivity index (χ1n) is 10.4. The molecule has 0 radical (unpaired) electrons. The number of ether oxygens (including phenoxy) is 2. The molecule has 0 amide bonds. The van der Waals surface area contributed by atoms with Gasteiger partial charge in [-0.2, -0.15) is 0 Å². The molecule has 2 N–H and O–H groups in total. The smallest absolute Gasteiger partial charge is 0.326 e. The Labute approximate surface area is 195 Å². The number of nitro benzene ring substituents is 1. The van der Waals surface area contributed by atoms with Gasteiger partial charge in [-0.15, -0.1) is 0 Å². The molecule has 12 nitrogen and oxygen atoms in total. The van der Waals surface area contributed by atoms with Gasteiger partial charge in [0.05, 0.1) is 30.3 Å². The maximum absolute atomic E-state index is 13.2. The number of carboxylic acid groups (broad SMARTS) is 1. The number of nitrogens with zero attached hydrogens (tertiary/aromatic N) is 3. The summed E-state index contributed by atoms with van der Waals surface area (Å²) >= 11 is 0.